The van der Waals surface area contributed by atoms with Gasteiger partial charge in [-0.25, -0.2) is 9.78 Å². The van der Waals surface area contributed by atoms with E-state index in [4.69, 9.17) is 21.1 Å². The Morgan fingerprint density at radius 1 is 1.30 bits per heavy atom. The topological polar surface area (TPSA) is 51.7 Å². The van der Waals surface area contributed by atoms with Crippen molar-refractivity contribution >= 4 is 17.6 Å². The van der Waals surface area contributed by atoms with E-state index in [9.17, 15) is 4.79 Å². The van der Waals surface area contributed by atoms with Crippen LogP contribution in [0.2, 0.25) is 5.15 Å². The zero-order valence-electron chi connectivity index (χ0n) is 11.0. The minimum Gasteiger partial charge on any atom is -0.449 e. The van der Waals surface area contributed by atoms with Gasteiger partial charge in [-0.2, -0.15) is 0 Å². The Kier molecular flexibility index (Phi) is 2.77. The lowest BCUT2D eigenvalue weighted by Gasteiger charge is -2.44. The highest BCUT2D eigenvalue weighted by Gasteiger charge is 2.49. The highest BCUT2D eigenvalue weighted by molar-refractivity contribution is 6.29. The molecule has 6 heteroatoms. The number of piperidine rings is 1. The average Bonchev–Trinajstić information content (AvgIpc) is 2.63. The molecular formula is C14H15ClN2O3. The number of carbonyl (C=O) groups is 1. The van der Waals surface area contributed by atoms with Crippen molar-refractivity contribution in [3.63, 3.8) is 0 Å². The van der Waals surface area contributed by atoms with Crippen LogP contribution >= 0.6 is 11.6 Å². The molecule has 0 N–H and O–H groups in total. The molecule has 2 saturated heterocycles. The van der Waals surface area contributed by atoms with Crippen LogP contribution in [0.3, 0.4) is 0 Å². The van der Waals surface area contributed by atoms with E-state index in [1.54, 1.807) is 12.1 Å². The maximum Gasteiger partial charge on any atom is 0.341 e. The molecule has 4 heterocycles. The summed E-state index contributed by atoms with van der Waals surface area (Å²) in [6, 6.07) is 3.88. The Bertz CT molecular complexity index is 566. The monoisotopic (exact) mass is 294 g/mol. The molecule has 4 rings (SSSR count). The number of likely N-dealkylation sites (tertiary alicyclic amines) is 1. The summed E-state index contributed by atoms with van der Waals surface area (Å²) in [7, 11) is 0. The third-order valence-corrected chi connectivity index (χ3v) is 4.75. The minimum atomic E-state index is -0.571. The van der Waals surface area contributed by atoms with Gasteiger partial charge in [-0.05, 0) is 12.1 Å². The number of hydrogen-bond acceptors (Lipinski definition) is 5. The maximum absolute atomic E-state index is 12.0. The molecule has 0 unspecified atom stereocenters. The molecule has 106 valence electrons. The summed E-state index contributed by atoms with van der Waals surface area (Å²) >= 11 is 5.98. The van der Waals surface area contributed by atoms with E-state index < -0.39 is 5.60 Å². The molecule has 0 radical (unpaired) electrons. The lowest BCUT2D eigenvalue weighted by Crippen LogP contribution is -2.54. The van der Waals surface area contributed by atoms with E-state index in [1.165, 1.54) is 0 Å². The van der Waals surface area contributed by atoms with Crippen LogP contribution in [0.25, 0.3) is 0 Å². The van der Waals surface area contributed by atoms with Crippen molar-refractivity contribution < 1.29 is 14.3 Å². The van der Waals surface area contributed by atoms with Gasteiger partial charge in [0.15, 0.2) is 5.60 Å². The van der Waals surface area contributed by atoms with Crippen LogP contribution in [0.15, 0.2) is 12.1 Å². The SMILES string of the molecule is O=C1OC2(CCN(C3COC3)CC2)c2nc(Cl)ccc21. The molecule has 0 saturated carbocycles. The fourth-order valence-corrected chi connectivity index (χ4v) is 3.40. The first-order valence-corrected chi connectivity index (χ1v) is 7.28. The van der Waals surface area contributed by atoms with Crippen LogP contribution < -0.4 is 0 Å². The average molecular weight is 295 g/mol. The normalized spacial score (nSPS) is 25.4. The molecule has 0 aromatic carbocycles. The third-order valence-electron chi connectivity index (χ3n) is 4.54. The van der Waals surface area contributed by atoms with Gasteiger partial charge in [-0.3, -0.25) is 4.90 Å². The second kappa shape index (κ2) is 4.41. The van der Waals surface area contributed by atoms with Gasteiger partial charge in [0.05, 0.1) is 24.8 Å². The smallest absolute Gasteiger partial charge is 0.341 e. The second-order valence-corrected chi connectivity index (χ2v) is 6.03. The van der Waals surface area contributed by atoms with Crippen LogP contribution in [0, 0.1) is 0 Å². The molecule has 0 amide bonds. The predicted octanol–water partition coefficient (Wildman–Crippen LogP) is 1.60. The van der Waals surface area contributed by atoms with Gasteiger partial charge in [0.2, 0.25) is 0 Å². The number of halogens is 1. The van der Waals surface area contributed by atoms with Crippen molar-refractivity contribution in [3.8, 4) is 0 Å². The number of rotatable bonds is 1. The van der Waals surface area contributed by atoms with Crippen molar-refractivity contribution in [1.82, 2.24) is 9.88 Å². The first kappa shape index (κ1) is 12.6. The van der Waals surface area contributed by atoms with Gasteiger partial charge in [0, 0.05) is 25.9 Å². The second-order valence-electron chi connectivity index (χ2n) is 5.64. The first-order chi connectivity index (χ1) is 9.68. The molecule has 1 spiro atoms. The predicted molar refractivity (Wildman–Crippen MR) is 71.8 cm³/mol. The van der Waals surface area contributed by atoms with Gasteiger partial charge in [-0.15, -0.1) is 0 Å². The number of hydrogen-bond donors (Lipinski definition) is 0. The number of carbonyl (C=O) groups excluding carboxylic acids is 1. The molecule has 2 fully saturated rings. The van der Waals surface area contributed by atoms with Gasteiger partial charge < -0.3 is 9.47 Å². The zero-order valence-corrected chi connectivity index (χ0v) is 11.7. The highest BCUT2D eigenvalue weighted by atomic mass is 35.5. The molecule has 5 nitrogen and oxygen atoms in total. The maximum atomic E-state index is 12.0. The Labute approximate surface area is 121 Å². The molecular weight excluding hydrogens is 280 g/mol. The van der Waals surface area contributed by atoms with Crippen LogP contribution in [0.4, 0.5) is 0 Å². The minimum absolute atomic E-state index is 0.274. The molecule has 0 atom stereocenters. The quantitative estimate of drug-likeness (QED) is 0.582. The number of esters is 1. The number of fused-ring (bicyclic) bond motifs is 2. The summed E-state index contributed by atoms with van der Waals surface area (Å²) in [4.78, 5) is 18.8. The fraction of sp³-hybridized carbons (Fsp3) is 0.571. The molecule has 20 heavy (non-hydrogen) atoms. The molecule has 3 aliphatic rings. The van der Waals surface area contributed by atoms with Crippen molar-refractivity contribution in [2.45, 2.75) is 24.5 Å². The van der Waals surface area contributed by atoms with Crippen molar-refractivity contribution in [3.05, 3.63) is 28.5 Å². The lowest BCUT2D eigenvalue weighted by molar-refractivity contribution is -0.102. The summed E-state index contributed by atoms with van der Waals surface area (Å²) in [5, 5.41) is 0.413. The summed E-state index contributed by atoms with van der Waals surface area (Å²) in [5.41, 5.74) is 0.715. The number of nitrogens with zero attached hydrogens (tertiary/aromatic N) is 2. The largest absolute Gasteiger partial charge is 0.449 e. The third kappa shape index (κ3) is 1.77. The Hall–Kier alpha value is -1.17. The summed E-state index contributed by atoms with van der Waals surface area (Å²) in [5.74, 6) is -0.274. The molecule has 0 aliphatic carbocycles. The zero-order chi connectivity index (χ0) is 13.7. The number of pyridine rings is 1. The molecule has 3 aliphatic heterocycles. The van der Waals surface area contributed by atoms with Gasteiger partial charge in [-0.1, -0.05) is 11.6 Å². The summed E-state index contributed by atoms with van der Waals surface area (Å²) in [6.45, 7) is 3.42. The van der Waals surface area contributed by atoms with E-state index in [2.05, 4.69) is 9.88 Å². The van der Waals surface area contributed by atoms with E-state index in [-0.39, 0.29) is 5.97 Å². The van der Waals surface area contributed by atoms with Gasteiger partial charge >= 0.3 is 5.97 Å². The first-order valence-electron chi connectivity index (χ1n) is 6.90. The van der Waals surface area contributed by atoms with Gasteiger partial charge in [0.1, 0.15) is 10.8 Å². The van der Waals surface area contributed by atoms with Crippen LogP contribution in [0.5, 0.6) is 0 Å². The number of ether oxygens (including phenoxy) is 2. The fourth-order valence-electron chi connectivity index (χ4n) is 3.25. The molecule has 1 aromatic rings. The van der Waals surface area contributed by atoms with Crippen LogP contribution in [-0.4, -0.2) is 48.2 Å². The van der Waals surface area contributed by atoms with Crippen LogP contribution in [-0.2, 0) is 15.1 Å². The van der Waals surface area contributed by atoms with Crippen molar-refractivity contribution in [2.24, 2.45) is 0 Å². The van der Waals surface area contributed by atoms with E-state index in [0.29, 0.717) is 16.8 Å². The van der Waals surface area contributed by atoms with E-state index >= 15 is 0 Å². The Morgan fingerprint density at radius 2 is 2.05 bits per heavy atom. The molecule has 0 bridgehead atoms. The highest BCUT2D eigenvalue weighted by Crippen LogP contribution is 2.43. The Balaban J connectivity index is 1.61. The van der Waals surface area contributed by atoms with Crippen molar-refractivity contribution in [1.29, 1.82) is 0 Å². The standard InChI is InChI=1S/C14H15ClN2O3/c15-11-2-1-10-12(16-11)14(20-13(10)18)3-5-17(6-4-14)9-7-19-8-9/h1-2,9H,3-8H2. The lowest BCUT2D eigenvalue weighted by atomic mass is 9.86. The number of aromatic nitrogens is 1. The van der Waals surface area contributed by atoms with E-state index in [0.717, 1.165) is 44.8 Å². The Morgan fingerprint density at radius 3 is 2.70 bits per heavy atom. The molecule has 1 aromatic heterocycles. The van der Waals surface area contributed by atoms with Crippen molar-refractivity contribution in [2.75, 3.05) is 26.3 Å². The van der Waals surface area contributed by atoms with E-state index in [1.807, 2.05) is 0 Å². The summed E-state index contributed by atoms with van der Waals surface area (Å²) < 4.78 is 10.9. The van der Waals surface area contributed by atoms with Crippen LogP contribution in [0.1, 0.15) is 28.9 Å². The summed E-state index contributed by atoms with van der Waals surface area (Å²) in [6.07, 6.45) is 1.55. The van der Waals surface area contributed by atoms with Gasteiger partial charge in [0.25, 0.3) is 0 Å².